The molecule has 1 aliphatic heterocycles. The van der Waals surface area contributed by atoms with Crippen LogP contribution >= 0.6 is 0 Å². The number of carbonyl (C=O) groups excluding carboxylic acids is 1. The predicted octanol–water partition coefficient (Wildman–Crippen LogP) is 3.74. The van der Waals surface area contributed by atoms with E-state index < -0.39 is 20.9 Å². The van der Waals surface area contributed by atoms with Gasteiger partial charge in [0.05, 0.1) is 17.7 Å². The van der Waals surface area contributed by atoms with E-state index in [2.05, 4.69) is 5.32 Å². The Morgan fingerprint density at radius 2 is 1.88 bits per heavy atom. The highest BCUT2D eigenvalue weighted by molar-refractivity contribution is 7.89. The number of nitro groups is 1. The second-order valence-corrected chi connectivity index (χ2v) is 9.36. The Morgan fingerprint density at radius 1 is 1.16 bits per heavy atom. The fourth-order valence-corrected chi connectivity index (χ4v) is 5.16. The zero-order valence-corrected chi connectivity index (χ0v) is 18.7. The molecule has 9 nitrogen and oxygen atoms in total. The quantitative estimate of drug-likeness (QED) is 0.383. The summed E-state index contributed by atoms with van der Waals surface area (Å²) in [6, 6.07) is 8.89. The van der Waals surface area contributed by atoms with E-state index in [4.69, 9.17) is 4.74 Å². The number of nitrogens with one attached hydrogen (secondary N) is 1. The maximum absolute atomic E-state index is 13.1. The molecule has 0 aromatic heterocycles. The fraction of sp³-hybridized carbons (Fsp3) is 0.318. The van der Waals surface area contributed by atoms with E-state index >= 15 is 0 Å². The zero-order valence-electron chi connectivity index (χ0n) is 17.9. The molecule has 32 heavy (non-hydrogen) atoms. The minimum Gasteiger partial charge on any atom is -0.495 e. The Hall–Kier alpha value is -3.24. The van der Waals surface area contributed by atoms with Crippen LogP contribution in [0.5, 0.6) is 5.75 Å². The second-order valence-electron chi connectivity index (χ2n) is 7.45. The molecule has 1 amide bonds. The van der Waals surface area contributed by atoms with Crippen molar-refractivity contribution in [1.82, 2.24) is 4.31 Å². The first-order valence-corrected chi connectivity index (χ1v) is 11.6. The van der Waals surface area contributed by atoms with Gasteiger partial charge in [0, 0.05) is 31.3 Å². The van der Waals surface area contributed by atoms with Crippen molar-refractivity contribution in [2.75, 3.05) is 25.5 Å². The summed E-state index contributed by atoms with van der Waals surface area (Å²) in [5.41, 5.74) is 1.39. The lowest BCUT2D eigenvalue weighted by atomic mass is 10.1. The summed E-state index contributed by atoms with van der Waals surface area (Å²) in [4.78, 5) is 22.8. The Bertz CT molecular complexity index is 1150. The molecule has 0 radical (unpaired) electrons. The van der Waals surface area contributed by atoms with Crippen LogP contribution in [0.4, 0.5) is 11.4 Å². The van der Waals surface area contributed by atoms with Gasteiger partial charge in [0.1, 0.15) is 10.6 Å². The van der Waals surface area contributed by atoms with Gasteiger partial charge < -0.3 is 10.1 Å². The van der Waals surface area contributed by atoms with E-state index in [0.29, 0.717) is 29.9 Å². The highest BCUT2D eigenvalue weighted by Crippen LogP contribution is 2.30. The number of rotatable bonds is 7. The third kappa shape index (κ3) is 5.32. The van der Waals surface area contributed by atoms with Gasteiger partial charge >= 0.3 is 0 Å². The molecule has 0 aliphatic carbocycles. The molecule has 1 saturated heterocycles. The van der Waals surface area contributed by atoms with Crippen molar-refractivity contribution in [2.24, 2.45) is 0 Å². The van der Waals surface area contributed by atoms with E-state index in [1.54, 1.807) is 25.1 Å². The third-order valence-corrected chi connectivity index (χ3v) is 7.16. The minimum absolute atomic E-state index is 0.0546. The lowest BCUT2D eigenvalue weighted by molar-refractivity contribution is -0.384. The summed E-state index contributed by atoms with van der Waals surface area (Å²) < 4.78 is 32.9. The van der Waals surface area contributed by atoms with Gasteiger partial charge in [0.15, 0.2) is 0 Å². The molecule has 0 unspecified atom stereocenters. The molecule has 2 aromatic rings. The number of anilines is 1. The van der Waals surface area contributed by atoms with Crippen molar-refractivity contribution in [3.05, 3.63) is 63.7 Å². The Labute approximate surface area is 186 Å². The number of hydrogen-bond acceptors (Lipinski definition) is 6. The van der Waals surface area contributed by atoms with E-state index in [9.17, 15) is 23.3 Å². The molecule has 3 rings (SSSR count). The molecule has 170 valence electrons. The molecule has 1 heterocycles. The zero-order chi connectivity index (χ0) is 23.3. The van der Waals surface area contributed by atoms with Crippen LogP contribution in [-0.4, -0.2) is 43.8 Å². The molecule has 2 aromatic carbocycles. The summed E-state index contributed by atoms with van der Waals surface area (Å²) in [6.45, 7) is 2.66. The first kappa shape index (κ1) is 23.4. The number of nitro benzene ring substituents is 1. The van der Waals surface area contributed by atoms with Crippen LogP contribution in [0.25, 0.3) is 6.08 Å². The van der Waals surface area contributed by atoms with Gasteiger partial charge in [-0.05, 0) is 49.1 Å². The maximum Gasteiger partial charge on any atom is 0.271 e. The Balaban J connectivity index is 1.82. The number of hydrogen-bond donors (Lipinski definition) is 1. The largest absolute Gasteiger partial charge is 0.495 e. The minimum atomic E-state index is -3.72. The van der Waals surface area contributed by atoms with Crippen LogP contribution in [0.1, 0.15) is 30.4 Å². The first-order valence-electron chi connectivity index (χ1n) is 10.1. The van der Waals surface area contributed by atoms with Crippen LogP contribution < -0.4 is 10.1 Å². The number of non-ortho nitro benzene ring substituents is 1. The summed E-state index contributed by atoms with van der Waals surface area (Å²) in [5.74, 6) is -0.255. The van der Waals surface area contributed by atoms with Gasteiger partial charge in [-0.2, -0.15) is 4.31 Å². The molecule has 0 saturated carbocycles. The molecule has 1 fully saturated rings. The number of ether oxygens (including phenoxy) is 1. The molecular formula is C22H25N3O6S. The summed E-state index contributed by atoms with van der Waals surface area (Å²) in [6.07, 6.45) is 5.37. The van der Waals surface area contributed by atoms with Gasteiger partial charge in [-0.15, -0.1) is 0 Å². The smallest absolute Gasteiger partial charge is 0.271 e. The molecule has 0 bridgehead atoms. The van der Waals surface area contributed by atoms with Crippen molar-refractivity contribution in [3.8, 4) is 5.75 Å². The maximum atomic E-state index is 13.1. The van der Waals surface area contributed by atoms with E-state index in [1.807, 2.05) is 0 Å². The van der Waals surface area contributed by atoms with Crippen molar-refractivity contribution >= 4 is 33.4 Å². The van der Waals surface area contributed by atoms with Gasteiger partial charge in [-0.25, -0.2) is 8.42 Å². The molecular weight excluding hydrogens is 434 g/mol. The van der Waals surface area contributed by atoms with Crippen molar-refractivity contribution in [3.63, 3.8) is 0 Å². The van der Waals surface area contributed by atoms with Crippen molar-refractivity contribution < 1.29 is 22.9 Å². The highest BCUT2D eigenvalue weighted by atomic mass is 32.2. The van der Waals surface area contributed by atoms with Crippen molar-refractivity contribution in [2.45, 2.75) is 31.1 Å². The normalized spacial score (nSPS) is 14.9. The Kier molecular flexibility index (Phi) is 7.26. The lowest BCUT2D eigenvalue weighted by Gasteiger charge is -2.26. The number of methoxy groups -OCH3 is 1. The van der Waals surface area contributed by atoms with Crippen LogP contribution in [0.2, 0.25) is 0 Å². The third-order valence-electron chi connectivity index (χ3n) is 5.24. The first-order chi connectivity index (χ1) is 15.2. The number of sulfonamides is 1. The van der Waals surface area contributed by atoms with Crippen LogP contribution in [-0.2, 0) is 14.8 Å². The lowest BCUT2D eigenvalue weighted by Crippen LogP contribution is -2.35. The van der Waals surface area contributed by atoms with Gasteiger partial charge in [0.25, 0.3) is 5.69 Å². The number of carbonyl (C=O) groups is 1. The number of piperidine rings is 1. The average Bonchev–Trinajstić information content (AvgIpc) is 2.79. The number of benzene rings is 2. The number of nitrogens with zero attached hydrogens (tertiary/aromatic N) is 2. The topological polar surface area (TPSA) is 119 Å². The predicted molar refractivity (Wildman–Crippen MR) is 121 cm³/mol. The van der Waals surface area contributed by atoms with Crippen molar-refractivity contribution in [1.29, 1.82) is 0 Å². The fourth-order valence-electron chi connectivity index (χ4n) is 3.45. The van der Waals surface area contributed by atoms with E-state index in [0.717, 1.165) is 19.3 Å². The number of aryl methyl sites for hydroxylation is 1. The van der Waals surface area contributed by atoms with E-state index in [1.165, 1.54) is 41.8 Å². The molecule has 1 N–H and O–H groups in total. The van der Waals surface area contributed by atoms with Gasteiger partial charge in [-0.1, -0.05) is 18.6 Å². The highest BCUT2D eigenvalue weighted by Gasteiger charge is 2.29. The SMILES string of the molecule is COc1ccc(C=CC(=O)Nc2cc([N+](=O)[O-])ccc2C)cc1S(=O)(=O)N1CCCCC1. The summed E-state index contributed by atoms with van der Waals surface area (Å²) in [5, 5.41) is 13.6. The van der Waals surface area contributed by atoms with Crippen LogP contribution in [0.15, 0.2) is 47.4 Å². The second kappa shape index (κ2) is 9.92. The summed E-state index contributed by atoms with van der Waals surface area (Å²) >= 11 is 0. The van der Waals surface area contributed by atoms with E-state index in [-0.39, 0.29) is 16.3 Å². The monoisotopic (exact) mass is 459 g/mol. The van der Waals surface area contributed by atoms with Crippen LogP contribution in [0.3, 0.4) is 0 Å². The average molecular weight is 460 g/mol. The Morgan fingerprint density at radius 3 is 2.53 bits per heavy atom. The number of amides is 1. The van der Waals surface area contributed by atoms with Crippen LogP contribution in [0, 0.1) is 17.0 Å². The van der Waals surface area contributed by atoms with Gasteiger partial charge in [-0.3, -0.25) is 14.9 Å². The molecule has 0 spiro atoms. The standard InChI is InChI=1S/C22H25N3O6S/c1-16-6-9-18(25(27)28)15-19(16)23-22(26)11-8-17-7-10-20(31-2)21(14-17)32(29,30)24-12-4-3-5-13-24/h6-11,14-15H,3-5,12-13H2,1-2H3,(H,23,26). The molecule has 0 atom stereocenters. The summed E-state index contributed by atoms with van der Waals surface area (Å²) in [7, 11) is -2.31. The molecule has 1 aliphatic rings. The molecule has 10 heteroatoms. The van der Waals surface area contributed by atoms with Gasteiger partial charge in [0.2, 0.25) is 15.9 Å².